The predicted octanol–water partition coefficient (Wildman–Crippen LogP) is 1.41. The van der Waals surface area contributed by atoms with Crippen molar-refractivity contribution >= 4 is 11.9 Å². The van der Waals surface area contributed by atoms with Gasteiger partial charge in [0.2, 0.25) is 0 Å². The van der Waals surface area contributed by atoms with Gasteiger partial charge in [-0.3, -0.25) is 14.8 Å². The van der Waals surface area contributed by atoms with Gasteiger partial charge in [0, 0.05) is 23.7 Å². The molecule has 0 unspecified atom stereocenters. The molecule has 0 aliphatic carbocycles. The summed E-state index contributed by atoms with van der Waals surface area (Å²) in [4.78, 5) is 30.8. The van der Waals surface area contributed by atoms with E-state index in [9.17, 15) is 9.59 Å². The summed E-state index contributed by atoms with van der Waals surface area (Å²) < 4.78 is 0. The van der Waals surface area contributed by atoms with Gasteiger partial charge in [0.25, 0.3) is 5.91 Å². The van der Waals surface area contributed by atoms with Crippen LogP contribution >= 0.6 is 0 Å². The zero-order chi connectivity index (χ0) is 14.5. The van der Waals surface area contributed by atoms with Crippen molar-refractivity contribution in [2.75, 3.05) is 0 Å². The van der Waals surface area contributed by atoms with E-state index in [1.807, 2.05) is 0 Å². The van der Waals surface area contributed by atoms with Crippen LogP contribution in [0.3, 0.4) is 0 Å². The highest BCUT2D eigenvalue weighted by molar-refractivity contribution is 5.94. The second-order valence-corrected chi connectivity index (χ2v) is 4.21. The van der Waals surface area contributed by atoms with E-state index in [4.69, 9.17) is 5.11 Å². The fourth-order valence-electron chi connectivity index (χ4n) is 1.67. The molecule has 1 amide bonds. The lowest BCUT2D eigenvalue weighted by atomic mass is 10.2. The maximum atomic E-state index is 11.9. The molecule has 0 spiro atoms. The number of carboxylic acid groups (broad SMARTS) is 1. The van der Waals surface area contributed by atoms with E-state index in [1.165, 1.54) is 18.3 Å². The largest absolute Gasteiger partial charge is 0.478 e. The molecule has 6 nitrogen and oxygen atoms in total. The van der Waals surface area contributed by atoms with Crippen LogP contribution in [0.25, 0.3) is 0 Å². The molecule has 20 heavy (non-hydrogen) atoms. The van der Waals surface area contributed by atoms with Crippen LogP contribution in [-0.4, -0.2) is 27.0 Å². The summed E-state index contributed by atoms with van der Waals surface area (Å²) in [6.07, 6.45) is 2.97. The summed E-state index contributed by atoms with van der Waals surface area (Å²) in [6, 6.07) is 6.13. The lowest BCUT2D eigenvalue weighted by Crippen LogP contribution is -2.23. The molecule has 0 saturated carbocycles. The highest BCUT2D eigenvalue weighted by atomic mass is 16.4. The standard InChI is InChI=1S/C14H13N3O3/c1-9-6-10(2-4-15-9)13(18)17-8-12-7-11(14(19)20)3-5-16-12/h2-7H,8H2,1H3,(H,17,18)(H,19,20). The van der Waals surface area contributed by atoms with E-state index < -0.39 is 5.97 Å². The molecule has 2 aromatic rings. The van der Waals surface area contributed by atoms with Crippen molar-refractivity contribution in [2.45, 2.75) is 13.5 Å². The summed E-state index contributed by atoms with van der Waals surface area (Å²) in [6.45, 7) is 1.97. The normalized spacial score (nSPS) is 10.1. The molecule has 0 radical (unpaired) electrons. The second kappa shape index (κ2) is 5.92. The van der Waals surface area contributed by atoms with Gasteiger partial charge in [-0.2, -0.15) is 0 Å². The predicted molar refractivity (Wildman–Crippen MR) is 71.3 cm³/mol. The topological polar surface area (TPSA) is 92.2 Å². The van der Waals surface area contributed by atoms with Crippen molar-refractivity contribution in [1.29, 1.82) is 0 Å². The molecule has 0 atom stereocenters. The molecule has 0 aliphatic rings. The number of pyridine rings is 2. The van der Waals surface area contributed by atoms with Crippen molar-refractivity contribution in [2.24, 2.45) is 0 Å². The molecule has 0 fully saturated rings. The smallest absolute Gasteiger partial charge is 0.335 e. The molecule has 0 aromatic carbocycles. The third-order valence-electron chi connectivity index (χ3n) is 2.65. The maximum Gasteiger partial charge on any atom is 0.335 e. The summed E-state index contributed by atoms with van der Waals surface area (Å²) in [5.41, 5.74) is 1.89. The number of amides is 1. The van der Waals surface area contributed by atoms with E-state index in [0.717, 1.165) is 5.69 Å². The molecule has 2 N–H and O–H groups in total. The first kappa shape index (κ1) is 13.7. The molecular weight excluding hydrogens is 258 g/mol. The fraction of sp³-hybridized carbons (Fsp3) is 0.143. The SMILES string of the molecule is Cc1cc(C(=O)NCc2cc(C(=O)O)ccn2)ccn1. The quantitative estimate of drug-likeness (QED) is 0.877. The first-order chi connectivity index (χ1) is 9.56. The molecular formula is C14H13N3O3. The number of aromatic nitrogens is 2. The number of aromatic carboxylic acids is 1. The molecule has 0 bridgehead atoms. The van der Waals surface area contributed by atoms with E-state index >= 15 is 0 Å². The Morgan fingerprint density at radius 1 is 1.15 bits per heavy atom. The van der Waals surface area contributed by atoms with Gasteiger partial charge in [-0.25, -0.2) is 4.79 Å². The minimum Gasteiger partial charge on any atom is -0.478 e. The molecule has 0 saturated heterocycles. The minimum absolute atomic E-state index is 0.143. The number of rotatable bonds is 4. The van der Waals surface area contributed by atoms with Crippen LogP contribution in [0.15, 0.2) is 36.7 Å². The van der Waals surface area contributed by atoms with Crippen molar-refractivity contribution < 1.29 is 14.7 Å². The van der Waals surface area contributed by atoms with Gasteiger partial charge in [-0.05, 0) is 31.2 Å². The van der Waals surface area contributed by atoms with E-state index in [1.54, 1.807) is 25.3 Å². The fourth-order valence-corrected chi connectivity index (χ4v) is 1.67. The number of carboxylic acids is 1. The zero-order valence-corrected chi connectivity index (χ0v) is 10.8. The van der Waals surface area contributed by atoms with Crippen LogP contribution < -0.4 is 5.32 Å². The zero-order valence-electron chi connectivity index (χ0n) is 10.8. The number of hydrogen-bond acceptors (Lipinski definition) is 4. The average Bonchev–Trinajstić information content (AvgIpc) is 2.45. The Morgan fingerprint density at radius 3 is 2.55 bits per heavy atom. The first-order valence-electron chi connectivity index (χ1n) is 5.95. The highest BCUT2D eigenvalue weighted by Gasteiger charge is 2.08. The number of aryl methyl sites for hydroxylation is 1. The van der Waals surface area contributed by atoms with Crippen molar-refractivity contribution in [1.82, 2.24) is 15.3 Å². The summed E-state index contributed by atoms with van der Waals surface area (Å²) >= 11 is 0. The third kappa shape index (κ3) is 3.38. The van der Waals surface area contributed by atoms with Crippen LogP contribution in [0.1, 0.15) is 32.1 Å². The van der Waals surface area contributed by atoms with E-state index in [2.05, 4.69) is 15.3 Å². The summed E-state index contributed by atoms with van der Waals surface area (Å²) in [7, 11) is 0. The van der Waals surface area contributed by atoms with Gasteiger partial charge >= 0.3 is 5.97 Å². The van der Waals surface area contributed by atoms with E-state index in [-0.39, 0.29) is 18.0 Å². The van der Waals surface area contributed by atoms with Crippen LogP contribution in [-0.2, 0) is 6.54 Å². The maximum absolute atomic E-state index is 11.9. The second-order valence-electron chi connectivity index (χ2n) is 4.21. The van der Waals surface area contributed by atoms with Crippen LogP contribution in [0.2, 0.25) is 0 Å². The van der Waals surface area contributed by atoms with Gasteiger partial charge in [-0.15, -0.1) is 0 Å². The summed E-state index contributed by atoms with van der Waals surface area (Å²) in [5.74, 6) is -1.28. The Kier molecular flexibility index (Phi) is 4.05. The number of nitrogens with zero attached hydrogens (tertiary/aromatic N) is 2. The molecule has 2 rings (SSSR count). The lowest BCUT2D eigenvalue weighted by molar-refractivity contribution is 0.0696. The van der Waals surface area contributed by atoms with Crippen LogP contribution in [0.4, 0.5) is 0 Å². The Morgan fingerprint density at radius 2 is 1.85 bits per heavy atom. The number of hydrogen-bond donors (Lipinski definition) is 2. The van der Waals surface area contributed by atoms with Gasteiger partial charge in [0.15, 0.2) is 0 Å². The number of carbonyl (C=O) groups excluding carboxylic acids is 1. The first-order valence-corrected chi connectivity index (χ1v) is 5.95. The molecule has 2 heterocycles. The lowest BCUT2D eigenvalue weighted by Gasteiger charge is -2.05. The van der Waals surface area contributed by atoms with Gasteiger partial charge in [-0.1, -0.05) is 0 Å². The van der Waals surface area contributed by atoms with Crippen molar-refractivity contribution in [3.05, 3.63) is 59.2 Å². The minimum atomic E-state index is -1.02. The van der Waals surface area contributed by atoms with Gasteiger partial charge < -0.3 is 10.4 Å². The number of carbonyl (C=O) groups is 2. The van der Waals surface area contributed by atoms with Crippen molar-refractivity contribution in [3.8, 4) is 0 Å². The highest BCUT2D eigenvalue weighted by Crippen LogP contribution is 2.04. The Labute approximate surface area is 115 Å². The van der Waals surface area contributed by atoms with E-state index in [0.29, 0.717) is 11.3 Å². The summed E-state index contributed by atoms with van der Waals surface area (Å²) in [5, 5.41) is 11.6. The Bertz CT molecular complexity index is 656. The molecule has 6 heteroatoms. The number of nitrogens with one attached hydrogen (secondary N) is 1. The van der Waals surface area contributed by atoms with Crippen LogP contribution in [0.5, 0.6) is 0 Å². The Hall–Kier alpha value is -2.76. The van der Waals surface area contributed by atoms with Gasteiger partial charge in [0.05, 0.1) is 17.8 Å². The average molecular weight is 271 g/mol. The van der Waals surface area contributed by atoms with Crippen molar-refractivity contribution in [3.63, 3.8) is 0 Å². The van der Waals surface area contributed by atoms with Crippen LogP contribution in [0, 0.1) is 6.92 Å². The molecule has 102 valence electrons. The monoisotopic (exact) mass is 271 g/mol. The molecule has 0 aliphatic heterocycles. The third-order valence-corrected chi connectivity index (χ3v) is 2.65. The molecule has 2 aromatic heterocycles. The van der Waals surface area contributed by atoms with Gasteiger partial charge in [0.1, 0.15) is 0 Å². The Balaban J connectivity index is 2.03.